The maximum Gasteiger partial charge on any atom is 0.425 e. The average molecular weight is 2200 g/mol. The lowest BCUT2D eigenvalue weighted by Crippen LogP contribution is -1.96. The molecule has 0 bridgehead atoms. The smallest absolute Gasteiger partial charge is 0.425 e. The zero-order chi connectivity index (χ0) is 117. The lowest BCUT2D eigenvalue weighted by Gasteiger charge is -1.93. The quantitative estimate of drug-likeness (QED) is 0.0655. The van der Waals surface area contributed by atoms with E-state index in [1.807, 2.05) is 334 Å². The summed E-state index contributed by atoms with van der Waals surface area (Å²) in [7, 11) is -29.4. The Morgan fingerprint density at radius 1 is 0.197 bits per heavy atom. The van der Waals surface area contributed by atoms with Gasteiger partial charge in [0.05, 0.1) is 54.8 Å². The van der Waals surface area contributed by atoms with Gasteiger partial charge in [0.15, 0.2) is 0 Å². The fraction of sp³-hybridized carbons (Fsp3) is 0.417. The van der Waals surface area contributed by atoms with Gasteiger partial charge in [-0.2, -0.15) is 67.3 Å². The molecule has 10 aromatic carbocycles. The summed E-state index contributed by atoms with van der Waals surface area (Å²) in [5.74, 6) is 0.910. The molecule has 0 aliphatic heterocycles. The van der Waals surface area contributed by atoms with Crippen LogP contribution in [0.4, 0.5) is 4.39 Å². The van der Waals surface area contributed by atoms with Gasteiger partial charge in [-0.3, -0.25) is 40.8 Å². The summed E-state index contributed by atoms with van der Waals surface area (Å²) in [6, 6.07) is 83.9. The molecule has 0 fully saturated rings. The maximum absolute atomic E-state index is 10.4. The number of halogens is 1. The molecule has 39 heteroatoms. The van der Waals surface area contributed by atoms with Crippen LogP contribution in [0.1, 0.15) is 262 Å². The lowest BCUT2D eigenvalue weighted by molar-refractivity contribution is 0.277. The highest BCUT2D eigenvalue weighted by Gasteiger charge is 2.10. The molecule has 0 spiro atoms. The van der Waals surface area contributed by atoms with E-state index in [9.17, 15) is 71.7 Å². The van der Waals surface area contributed by atoms with Gasteiger partial charge in [0, 0.05) is 14.2 Å². The van der Waals surface area contributed by atoms with Crippen LogP contribution in [0, 0.1) is 6.92 Å². The number of aryl methyl sites for hydroxylation is 1. The number of ether oxygens (including phenoxy) is 2. The minimum absolute atomic E-state index is 0. The first-order valence-electron chi connectivity index (χ1n) is 46.0. The van der Waals surface area contributed by atoms with E-state index in [4.69, 9.17) is 53.8 Å². The number of hydrogen-bond donors (Lipinski definition) is 8. The minimum Gasteiger partial charge on any atom is -0.497 e. The fourth-order valence-electron chi connectivity index (χ4n) is 5.62. The van der Waals surface area contributed by atoms with E-state index in [0.717, 1.165) is 5.75 Å². The molecule has 0 aliphatic carbocycles. The number of hydrogen-bond acceptors (Lipinski definition) is 21. The fourth-order valence-corrected chi connectivity index (χ4v) is 9.13. The second-order valence-electron chi connectivity index (χ2n) is 18.2. The van der Waals surface area contributed by atoms with Gasteiger partial charge in [-0.1, -0.05) is 475 Å². The minimum atomic E-state index is -4.00. The van der Waals surface area contributed by atoms with Crippen molar-refractivity contribution in [2.24, 2.45) is 0 Å². The van der Waals surface area contributed by atoms with Crippen LogP contribution in [0.5, 0.6) is 5.75 Å². The van der Waals surface area contributed by atoms with Crippen molar-refractivity contribution in [3.63, 3.8) is 0 Å². The van der Waals surface area contributed by atoms with Crippen LogP contribution in [-0.2, 0) is 96.3 Å². The zero-order valence-corrected chi connectivity index (χ0v) is 99.5. The maximum atomic E-state index is 10.4. The van der Waals surface area contributed by atoms with Crippen molar-refractivity contribution < 1.29 is 130 Å². The molecule has 0 radical (unpaired) electrons. The molecule has 8 N–H and O–H groups in total. The second-order valence-corrected chi connectivity index (χ2v) is 30.0. The number of para-hydroxylation sites is 1. The number of benzene rings is 10. The monoisotopic (exact) mass is 2200 g/mol. The molecular formula is C103H189FO29S9. The van der Waals surface area contributed by atoms with Gasteiger partial charge in [0.25, 0.3) is 80.9 Å². The Labute approximate surface area is 868 Å². The van der Waals surface area contributed by atoms with Crippen LogP contribution >= 0.6 is 0 Å². The van der Waals surface area contributed by atoms with Gasteiger partial charge < -0.3 is 9.47 Å². The third-order valence-corrected chi connectivity index (χ3v) is 15.9. The summed E-state index contributed by atoms with van der Waals surface area (Å²) < 4.78 is 275. The first-order chi connectivity index (χ1) is 66.7. The third-order valence-electron chi connectivity index (χ3n) is 9.87. The normalized spacial score (nSPS) is 8.33. The van der Waals surface area contributed by atoms with Crippen molar-refractivity contribution in [1.29, 1.82) is 0 Å². The Balaban J connectivity index is -0.0000000503. The molecule has 10 aromatic rings. The van der Waals surface area contributed by atoms with Gasteiger partial charge in [0.2, 0.25) is 0 Å². The molecule has 29 nitrogen and oxygen atoms in total. The lowest BCUT2D eigenvalue weighted by atomic mass is 10.2. The molecule has 0 heterocycles. The SMILES string of the molecule is C.CC.CC.CC.CC.CC.CC.CC.CC.CC.CC.CC.CC.CC.CC.CC.CC.CC.CC.CF.COC.COc1ccccc1.CS(=O)(=O)O.Cc1ccccc1.O=S(=O)(O)c1ccccc1.O=S(=O)(O)c1ccccc1.O=S(=O)(O)c1ccccc1.O=S(=O)(O)c1ccccc1.O=S(=O)(O)c1ccccc1.O=S(=O)(O)c1ccccc1.O=S(=O)(O)c1ccccc1.O=S(=O)=O.c1ccccc1. The van der Waals surface area contributed by atoms with E-state index in [1.54, 1.807) is 149 Å². The Morgan fingerprint density at radius 2 is 0.268 bits per heavy atom. The van der Waals surface area contributed by atoms with Crippen molar-refractivity contribution >= 4 is 91.6 Å². The Kier molecular flexibility index (Phi) is 205. The molecule has 0 atom stereocenters. The van der Waals surface area contributed by atoms with Gasteiger partial charge in [-0.05, 0) is 104 Å². The number of alkyl halides is 1. The molecule has 0 saturated carbocycles. The van der Waals surface area contributed by atoms with Crippen molar-refractivity contribution in [2.75, 3.05) is 34.8 Å². The Morgan fingerprint density at radius 3 is 0.317 bits per heavy atom. The van der Waals surface area contributed by atoms with E-state index in [0.29, 0.717) is 13.4 Å². The van der Waals surface area contributed by atoms with Crippen molar-refractivity contribution in [3.8, 4) is 5.75 Å². The summed E-state index contributed by atoms with van der Waals surface area (Å²) in [5.41, 5.74) is 1.32. The Hall–Kier alpha value is -9.21. The zero-order valence-electron chi connectivity index (χ0n) is 92.1. The molecule has 0 amide bonds. The summed E-state index contributed by atoms with van der Waals surface area (Å²) in [6.07, 6.45) is 0.715. The molecule has 0 saturated heterocycles. The third kappa shape index (κ3) is 173. The first-order valence-corrected chi connectivity index (χ1v) is 58.9. The van der Waals surface area contributed by atoms with Crippen molar-refractivity contribution in [3.05, 3.63) is 315 Å². The predicted octanol–water partition coefficient (Wildman–Crippen LogP) is 30.4. The highest BCUT2D eigenvalue weighted by atomic mass is 32.3. The largest absolute Gasteiger partial charge is 0.497 e. The molecule has 142 heavy (non-hydrogen) atoms. The predicted molar refractivity (Wildman–Crippen MR) is 603 cm³/mol. The summed E-state index contributed by atoms with van der Waals surface area (Å²) in [4.78, 5) is -0.519. The first kappa shape index (κ1) is 191. The van der Waals surface area contributed by atoms with E-state index in [2.05, 4.69) is 23.8 Å². The van der Waals surface area contributed by atoms with Crippen LogP contribution in [0.25, 0.3) is 0 Å². The van der Waals surface area contributed by atoms with E-state index < -0.39 is 91.6 Å². The van der Waals surface area contributed by atoms with Crippen LogP contribution in [-0.4, -0.2) is 151 Å². The highest BCUT2D eigenvalue weighted by Crippen LogP contribution is 2.11. The van der Waals surface area contributed by atoms with Gasteiger partial charge in [-0.15, -0.1) is 12.6 Å². The molecule has 0 aromatic heterocycles. The van der Waals surface area contributed by atoms with E-state index in [-0.39, 0.29) is 41.7 Å². The number of methoxy groups -OCH3 is 2. The van der Waals surface area contributed by atoms with Crippen LogP contribution < -0.4 is 4.74 Å². The summed E-state index contributed by atoms with van der Waals surface area (Å²) >= 11 is 0. The molecule has 836 valence electrons. The van der Waals surface area contributed by atoms with Crippen LogP contribution in [0.15, 0.2) is 344 Å². The highest BCUT2D eigenvalue weighted by molar-refractivity contribution is 7.87. The van der Waals surface area contributed by atoms with Gasteiger partial charge in [-0.25, -0.2) is 0 Å². The van der Waals surface area contributed by atoms with E-state index >= 15 is 0 Å². The second kappa shape index (κ2) is 152. The summed E-state index contributed by atoms with van der Waals surface area (Å²) in [5, 5.41) is 0. The molecule has 10 rings (SSSR count). The average Bonchev–Trinajstić information content (AvgIpc) is 0.916. The molecular weight excluding hydrogens is 2010 g/mol. The van der Waals surface area contributed by atoms with Gasteiger partial charge in [0.1, 0.15) is 5.75 Å². The molecule has 0 unspecified atom stereocenters. The Bertz CT molecular complexity index is 4270. The van der Waals surface area contributed by atoms with Crippen molar-refractivity contribution in [2.45, 2.75) is 298 Å². The van der Waals surface area contributed by atoms with Crippen LogP contribution in [0.3, 0.4) is 0 Å². The standard InChI is InChI=1S/C7H8O.C7H8.7C6H6O3S.C6H6.C2H6O.18C2H6.CH3F.CH4O3S.CH4.O3S/c1-8-7-5-3-2-4-6-7;1-7-5-3-2-4-6-7;7*7-10(8,9)6-4-2-1-3-5-6;1-2-4-6-5-3-1;1-3-2;19*1-2;1-5(2,3)4;;1-4(2)3/h2-6H,1H3;2-6H,1H3;7*1-5H,(H,7,8,9);1-6H;1-2H3;18*1-2H3;1H3;1H3,(H,2,3,4);1H4;. The topological polar surface area (TPSA) is 505 Å². The van der Waals surface area contributed by atoms with Crippen LogP contribution in [0.2, 0.25) is 0 Å². The van der Waals surface area contributed by atoms with E-state index in [1.165, 1.54) is 90.5 Å². The number of rotatable bonds is 8. The molecule has 0 aliphatic rings. The van der Waals surface area contributed by atoms with Gasteiger partial charge >= 0.3 is 10.6 Å². The van der Waals surface area contributed by atoms with Crippen molar-refractivity contribution in [1.82, 2.24) is 0 Å². The summed E-state index contributed by atoms with van der Waals surface area (Å²) in [6.45, 7) is 74.1.